The van der Waals surface area contributed by atoms with Crippen LogP contribution < -0.4 is 10.6 Å². The van der Waals surface area contributed by atoms with Crippen LogP contribution in [0, 0.1) is 19.7 Å². The Kier molecular flexibility index (Phi) is 9.30. The third kappa shape index (κ3) is 6.52. The molecule has 0 amide bonds. The fourth-order valence-corrected chi connectivity index (χ4v) is 3.20. The number of aliphatic imine (C=N–C) groups is 1. The number of aromatic nitrogens is 1. The number of ether oxygens (including phenoxy) is 1. The predicted molar refractivity (Wildman–Crippen MR) is 111 cm³/mol. The van der Waals surface area contributed by atoms with Crippen molar-refractivity contribution in [2.75, 3.05) is 20.7 Å². The molecule has 2 rings (SSSR count). The van der Waals surface area contributed by atoms with Crippen molar-refractivity contribution in [3.8, 4) is 0 Å². The lowest BCUT2D eigenvalue weighted by molar-refractivity contribution is 0.106. The number of benzene rings is 1. The smallest absolute Gasteiger partial charge is 0.191 e. The molecule has 0 radical (unpaired) electrons. The van der Waals surface area contributed by atoms with E-state index in [0.717, 1.165) is 16.3 Å². The number of nitrogens with one attached hydrogen (secondary N) is 2. The number of aryl methyl sites for hydroxylation is 2. The summed E-state index contributed by atoms with van der Waals surface area (Å²) < 4.78 is 18.5. The van der Waals surface area contributed by atoms with Crippen molar-refractivity contribution in [3.05, 3.63) is 51.2 Å². The van der Waals surface area contributed by atoms with E-state index in [1.165, 1.54) is 17.0 Å². The van der Waals surface area contributed by atoms with E-state index in [4.69, 9.17) is 4.74 Å². The van der Waals surface area contributed by atoms with Gasteiger partial charge in [-0.05, 0) is 31.5 Å². The van der Waals surface area contributed by atoms with Crippen molar-refractivity contribution in [1.82, 2.24) is 15.6 Å². The second-order valence-corrected chi connectivity index (χ2v) is 6.61. The summed E-state index contributed by atoms with van der Waals surface area (Å²) in [6.45, 7) is 5.21. The normalized spacial score (nSPS) is 12.4. The molecule has 2 N–H and O–H groups in total. The lowest BCUT2D eigenvalue weighted by atomic mass is 10.1. The van der Waals surface area contributed by atoms with Gasteiger partial charge in [0, 0.05) is 25.6 Å². The number of guanidine groups is 1. The van der Waals surface area contributed by atoms with Crippen molar-refractivity contribution < 1.29 is 9.13 Å². The number of nitrogens with zero attached hydrogens (tertiary/aromatic N) is 2. The van der Waals surface area contributed by atoms with Crippen molar-refractivity contribution in [3.63, 3.8) is 0 Å². The van der Waals surface area contributed by atoms with Gasteiger partial charge in [0.2, 0.25) is 0 Å². The maximum atomic E-state index is 13.0. The molecule has 0 aliphatic carbocycles. The second-order valence-electron chi connectivity index (χ2n) is 5.32. The van der Waals surface area contributed by atoms with Crippen LogP contribution in [0.3, 0.4) is 0 Å². The summed E-state index contributed by atoms with van der Waals surface area (Å²) >= 11 is 1.68. The van der Waals surface area contributed by atoms with E-state index < -0.39 is 0 Å². The number of thiazole rings is 1. The van der Waals surface area contributed by atoms with Gasteiger partial charge in [-0.25, -0.2) is 9.37 Å². The van der Waals surface area contributed by atoms with Crippen LogP contribution in [0.4, 0.5) is 4.39 Å². The van der Waals surface area contributed by atoms with Gasteiger partial charge in [0.1, 0.15) is 5.82 Å². The van der Waals surface area contributed by atoms with Gasteiger partial charge >= 0.3 is 0 Å². The van der Waals surface area contributed by atoms with E-state index >= 15 is 0 Å². The molecular weight excluding hydrogens is 454 g/mol. The molecule has 2 aromatic rings. The fourth-order valence-electron chi connectivity index (χ4n) is 2.33. The molecule has 1 aromatic heterocycles. The maximum absolute atomic E-state index is 13.0. The highest BCUT2D eigenvalue weighted by Crippen LogP contribution is 2.17. The first kappa shape index (κ1) is 21.8. The predicted octanol–water partition coefficient (Wildman–Crippen LogP) is 3.57. The average Bonchev–Trinajstić information content (AvgIpc) is 2.90. The first-order valence-electron chi connectivity index (χ1n) is 7.69. The van der Waals surface area contributed by atoms with Crippen molar-refractivity contribution in [2.24, 2.45) is 4.99 Å². The van der Waals surface area contributed by atoms with Crippen molar-refractivity contribution in [1.29, 1.82) is 0 Å². The van der Waals surface area contributed by atoms with Gasteiger partial charge in [0.05, 0.1) is 23.4 Å². The fraction of sp³-hybridized carbons (Fsp3) is 0.412. The zero-order valence-corrected chi connectivity index (χ0v) is 17.9. The number of hydrogen-bond donors (Lipinski definition) is 2. The molecular formula is C17H24FIN4OS. The Labute approximate surface area is 169 Å². The van der Waals surface area contributed by atoms with Crippen LogP contribution in [0.2, 0.25) is 0 Å². The van der Waals surface area contributed by atoms with Crippen LogP contribution in [0.25, 0.3) is 0 Å². The third-order valence-electron chi connectivity index (χ3n) is 3.62. The van der Waals surface area contributed by atoms with E-state index in [1.54, 1.807) is 37.6 Å². The molecule has 0 spiro atoms. The molecule has 0 saturated heterocycles. The van der Waals surface area contributed by atoms with E-state index in [9.17, 15) is 4.39 Å². The summed E-state index contributed by atoms with van der Waals surface area (Å²) in [5.41, 5.74) is 1.96. The number of hydrogen-bond acceptors (Lipinski definition) is 4. The molecule has 0 bridgehead atoms. The minimum absolute atomic E-state index is 0. The standard InChI is InChI=1S/C17H23FN4OS.HI/c1-11-16(24-12(2)22-11)10-21-17(19-3)20-9-15(23-4)13-5-7-14(18)8-6-13;/h5-8,15H,9-10H2,1-4H3,(H2,19,20,21);1H. The van der Waals surface area contributed by atoms with Crippen LogP contribution in [0.1, 0.15) is 27.2 Å². The van der Waals surface area contributed by atoms with Crippen molar-refractivity contribution >= 4 is 41.3 Å². The molecule has 1 unspecified atom stereocenters. The molecule has 1 atom stereocenters. The van der Waals surface area contributed by atoms with Gasteiger partial charge < -0.3 is 15.4 Å². The third-order valence-corrected chi connectivity index (χ3v) is 4.69. The molecule has 1 aromatic carbocycles. The Morgan fingerprint density at radius 2 is 1.96 bits per heavy atom. The SMILES string of the molecule is CN=C(NCc1sc(C)nc1C)NCC(OC)c1ccc(F)cc1.I. The lowest BCUT2D eigenvalue weighted by Gasteiger charge is -2.18. The molecule has 138 valence electrons. The van der Waals surface area contributed by atoms with Gasteiger partial charge in [-0.3, -0.25) is 4.99 Å². The van der Waals surface area contributed by atoms with Gasteiger partial charge in [0.15, 0.2) is 5.96 Å². The molecule has 0 fully saturated rings. The summed E-state index contributed by atoms with van der Waals surface area (Å²) in [4.78, 5) is 9.83. The van der Waals surface area contributed by atoms with Gasteiger partial charge in [0.25, 0.3) is 0 Å². The van der Waals surface area contributed by atoms with Gasteiger partial charge in [-0.15, -0.1) is 35.3 Å². The van der Waals surface area contributed by atoms with Crippen LogP contribution in [0.5, 0.6) is 0 Å². The lowest BCUT2D eigenvalue weighted by Crippen LogP contribution is -2.39. The van der Waals surface area contributed by atoms with E-state index in [0.29, 0.717) is 19.0 Å². The Morgan fingerprint density at radius 1 is 1.28 bits per heavy atom. The minimum Gasteiger partial charge on any atom is -0.375 e. The summed E-state index contributed by atoms with van der Waals surface area (Å²) in [6.07, 6.45) is -0.184. The monoisotopic (exact) mass is 478 g/mol. The Bertz CT molecular complexity index is 690. The number of halogens is 2. The highest BCUT2D eigenvalue weighted by atomic mass is 127. The Hall–Kier alpha value is -1.26. The molecule has 0 aliphatic rings. The first-order chi connectivity index (χ1) is 11.5. The summed E-state index contributed by atoms with van der Waals surface area (Å²) in [6, 6.07) is 6.32. The average molecular weight is 478 g/mol. The van der Waals surface area contributed by atoms with Crippen LogP contribution in [0.15, 0.2) is 29.3 Å². The Balaban J connectivity index is 0.00000312. The maximum Gasteiger partial charge on any atom is 0.191 e. The first-order valence-corrected chi connectivity index (χ1v) is 8.50. The second kappa shape index (κ2) is 10.7. The minimum atomic E-state index is -0.255. The van der Waals surface area contributed by atoms with E-state index in [-0.39, 0.29) is 35.9 Å². The van der Waals surface area contributed by atoms with Crippen LogP contribution in [-0.4, -0.2) is 31.6 Å². The highest BCUT2D eigenvalue weighted by molar-refractivity contribution is 14.0. The molecule has 5 nitrogen and oxygen atoms in total. The number of methoxy groups -OCH3 is 1. The topological polar surface area (TPSA) is 58.5 Å². The summed E-state index contributed by atoms with van der Waals surface area (Å²) in [5, 5.41) is 7.57. The van der Waals surface area contributed by atoms with Crippen LogP contribution in [-0.2, 0) is 11.3 Å². The van der Waals surface area contributed by atoms with E-state index in [2.05, 4.69) is 20.6 Å². The largest absolute Gasteiger partial charge is 0.375 e. The van der Waals surface area contributed by atoms with Crippen molar-refractivity contribution in [2.45, 2.75) is 26.5 Å². The van der Waals surface area contributed by atoms with Crippen LogP contribution >= 0.6 is 35.3 Å². The number of rotatable bonds is 6. The summed E-state index contributed by atoms with van der Waals surface area (Å²) in [7, 11) is 3.36. The van der Waals surface area contributed by atoms with Gasteiger partial charge in [-0.2, -0.15) is 0 Å². The van der Waals surface area contributed by atoms with Gasteiger partial charge in [-0.1, -0.05) is 12.1 Å². The molecule has 25 heavy (non-hydrogen) atoms. The molecule has 0 aliphatic heterocycles. The summed E-state index contributed by atoms with van der Waals surface area (Å²) in [5.74, 6) is 0.430. The highest BCUT2D eigenvalue weighted by Gasteiger charge is 2.12. The van der Waals surface area contributed by atoms with E-state index in [1.807, 2.05) is 13.8 Å². The quantitative estimate of drug-likeness (QED) is 0.379. The molecule has 8 heteroatoms. The Morgan fingerprint density at radius 3 is 2.48 bits per heavy atom. The zero-order valence-electron chi connectivity index (χ0n) is 14.8. The molecule has 1 heterocycles. The molecule has 0 saturated carbocycles. The zero-order chi connectivity index (χ0) is 17.5.